The Morgan fingerprint density at radius 1 is 1.38 bits per heavy atom. The van der Waals surface area contributed by atoms with E-state index < -0.39 is 0 Å². The minimum atomic E-state index is -0.360. The van der Waals surface area contributed by atoms with Gasteiger partial charge in [0.25, 0.3) is 0 Å². The van der Waals surface area contributed by atoms with Crippen LogP contribution in [-0.4, -0.2) is 24.6 Å². The molecule has 2 heterocycles. The number of hydrogen-bond acceptors (Lipinski definition) is 5. The zero-order chi connectivity index (χ0) is 15.3. The summed E-state index contributed by atoms with van der Waals surface area (Å²) in [5.74, 6) is -0.360. The molecule has 0 saturated heterocycles. The van der Waals surface area contributed by atoms with E-state index in [9.17, 15) is 4.79 Å². The maximum Gasteiger partial charge on any atom is 0.339 e. The number of aromatic nitrogens is 1. The first-order chi connectivity index (χ1) is 10.0. The van der Waals surface area contributed by atoms with Gasteiger partial charge in [0, 0.05) is 29.6 Å². The van der Waals surface area contributed by atoms with Gasteiger partial charge in [-0.2, -0.15) is 0 Å². The second-order valence-electron chi connectivity index (χ2n) is 5.49. The molecule has 0 bridgehead atoms. The number of pyridine rings is 1. The lowest BCUT2D eigenvalue weighted by molar-refractivity contribution is 0.0600. The molecule has 0 aromatic carbocycles. The van der Waals surface area contributed by atoms with Crippen LogP contribution in [0.2, 0.25) is 0 Å². The van der Waals surface area contributed by atoms with Crippen molar-refractivity contribution in [3.63, 3.8) is 0 Å². The van der Waals surface area contributed by atoms with Crippen LogP contribution in [0.3, 0.4) is 0 Å². The predicted octanol–water partition coefficient (Wildman–Crippen LogP) is 3.00. The van der Waals surface area contributed by atoms with Gasteiger partial charge in [0.05, 0.1) is 18.4 Å². The van der Waals surface area contributed by atoms with Crippen molar-refractivity contribution in [2.75, 3.05) is 13.7 Å². The van der Waals surface area contributed by atoms with Gasteiger partial charge in [-0.15, -0.1) is 11.3 Å². The van der Waals surface area contributed by atoms with E-state index in [4.69, 9.17) is 0 Å². The first-order valence-corrected chi connectivity index (χ1v) is 7.69. The predicted molar refractivity (Wildman–Crippen MR) is 84.6 cm³/mol. The van der Waals surface area contributed by atoms with Gasteiger partial charge in [0.2, 0.25) is 0 Å². The van der Waals surface area contributed by atoms with Crippen LogP contribution in [-0.2, 0) is 16.7 Å². The fourth-order valence-electron chi connectivity index (χ4n) is 2.02. The molecular formula is C16H20N2O2S. The van der Waals surface area contributed by atoms with E-state index in [0.29, 0.717) is 12.1 Å². The number of esters is 1. The van der Waals surface area contributed by atoms with Gasteiger partial charge in [0.1, 0.15) is 0 Å². The second-order valence-corrected chi connectivity index (χ2v) is 6.44. The van der Waals surface area contributed by atoms with Crippen molar-refractivity contribution in [1.82, 2.24) is 10.3 Å². The zero-order valence-electron chi connectivity index (χ0n) is 12.6. The highest BCUT2D eigenvalue weighted by Gasteiger charge is 2.21. The average molecular weight is 304 g/mol. The maximum absolute atomic E-state index is 11.3. The van der Waals surface area contributed by atoms with Gasteiger partial charge >= 0.3 is 5.97 Å². The van der Waals surface area contributed by atoms with E-state index >= 15 is 0 Å². The summed E-state index contributed by atoms with van der Waals surface area (Å²) in [4.78, 5) is 17.0. The number of carbonyl (C=O) groups is 1. The summed E-state index contributed by atoms with van der Waals surface area (Å²) in [6, 6.07) is 7.82. The molecule has 0 spiro atoms. The number of ether oxygens (including phenoxy) is 1. The first kappa shape index (κ1) is 15.7. The molecule has 0 aliphatic heterocycles. The van der Waals surface area contributed by atoms with Crippen molar-refractivity contribution in [3.05, 3.63) is 52.0 Å². The standard InChI is InChI=1S/C16H20N2O2S/c1-16(2,14-5-4-8-21-14)11-17-10-13-7-6-12(9-18-13)15(19)20-3/h4-9,17H,10-11H2,1-3H3. The normalized spacial score (nSPS) is 11.4. The summed E-state index contributed by atoms with van der Waals surface area (Å²) in [6.45, 7) is 5.99. The van der Waals surface area contributed by atoms with E-state index in [2.05, 4.69) is 46.4 Å². The topological polar surface area (TPSA) is 51.2 Å². The van der Waals surface area contributed by atoms with Crippen LogP contribution < -0.4 is 5.32 Å². The lowest BCUT2D eigenvalue weighted by Gasteiger charge is -2.23. The van der Waals surface area contributed by atoms with E-state index in [1.54, 1.807) is 23.6 Å². The largest absolute Gasteiger partial charge is 0.465 e. The summed E-state index contributed by atoms with van der Waals surface area (Å²) in [5, 5.41) is 5.52. The Morgan fingerprint density at radius 2 is 2.19 bits per heavy atom. The third-order valence-electron chi connectivity index (χ3n) is 3.31. The van der Waals surface area contributed by atoms with Crippen LogP contribution in [0.5, 0.6) is 0 Å². The summed E-state index contributed by atoms with van der Waals surface area (Å²) in [7, 11) is 1.37. The number of nitrogens with zero attached hydrogens (tertiary/aromatic N) is 1. The van der Waals surface area contributed by atoms with Crippen molar-refractivity contribution >= 4 is 17.3 Å². The molecule has 5 heteroatoms. The monoisotopic (exact) mass is 304 g/mol. The van der Waals surface area contributed by atoms with Crippen LogP contribution in [0.15, 0.2) is 35.8 Å². The Kier molecular flexibility index (Phi) is 5.09. The molecule has 2 rings (SSSR count). The van der Waals surface area contributed by atoms with E-state index in [1.807, 2.05) is 6.07 Å². The minimum Gasteiger partial charge on any atom is -0.465 e. The van der Waals surface area contributed by atoms with Crippen LogP contribution in [0.25, 0.3) is 0 Å². The Labute approximate surface area is 129 Å². The third-order valence-corrected chi connectivity index (χ3v) is 4.54. The van der Waals surface area contributed by atoms with E-state index in [0.717, 1.165) is 12.2 Å². The fraction of sp³-hybridized carbons (Fsp3) is 0.375. The number of methoxy groups -OCH3 is 1. The molecule has 0 fully saturated rings. The number of hydrogen-bond donors (Lipinski definition) is 1. The summed E-state index contributed by atoms with van der Waals surface area (Å²) >= 11 is 1.78. The molecule has 2 aromatic heterocycles. The zero-order valence-corrected chi connectivity index (χ0v) is 13.4. The Morgan fingerprint density at radius 3 is 2.76 bits per heavy atom. The lowest BCUT2D eigenvalue weighted by atomic mass is 9.91. The molecule has 0 saturated carbocycles. The van der Waals surface area contributed by atoms with Gasteiger partial charge in [-0.3, -0.25) is 4.98 Å². The number of thiophene rings is 1. The quantitative estimate of drug-likeness (QED) is 0.834. The van der Waals surface area contributed by atoms with Crippen LogP contribution in [0, 0.1) is 0 Å². The molecule has 0 radical (unpaired) electrons. The summed E-state index contributed by atoms with van der Waals surface area (Å²) in [6.07, 6.45) is 1.55. The van der Waals surface area contributed by atoms with Gasteiger partial charge in [-0.05, 0) is 23.6 Å². The number of carbonyl (C=O) groups excluding carboxylic acids is 1. The highest BCUT2D eigenvalue weighted by Crippen LogP contribution is 2.26. The van der Waals surface area contributed by atoms with Crippen molar-refractivity contribution < 1.29 is 9.53 Å². The van der Waals surface area contributed by atoms with Crippen molar-refractivity contribution in [2.45, 2.75) is 25.8 Å². The van der Waals surface area contributed by atoms with Gasteiger partial charge in [-0.25, -0.2) is 4.79 Å². The molecule has 112 valence electrons. The van der Waals surface area contributed by atoms with Gasteiger partial charge in [-0.1, -0.05) is 19.9 Å². The molecule has 0 aliphatic carbocycles. The number of nitrogens with one attached hydrogen (secondary N) is 1. The molecule has 0 atom stereocenters. The van der Waals surface area contributed by atoms with Crippen molar-refractivity contribution in [2.24, 2.45) is 0 Å². The average Bonchev–Trinajstić information content (AvgIpc) is 3.02. The van der Waals surface area contributed by atoms with Crippen LogP contribution in [0.1, 0.15) is 34.8 Å². The SMILES string of the molecule is COC(=O)c1ccc(CNCC(C)(C)c2cccs2)nc1. The second kappa shape index (κ2) is 6.83. The van der Waals surface area contributed by atoms with E-state index in [-0.39, 0.29) is 11.4 Å². The minimum absolute atomic E-state index is 0.0973. The summed E-state index contributed by atoms with van der Waals surface area (Å²) < 4.78 is 4.65. The molecule has 2 aromatic rings. The molecular weight excluding hydrogens is 284 g/mol. The highest BCUT2D eigenvalue weighted by molar-refractivity contribution is 7.10. The van der Waals surface area contributed by atoms with Gasteiger partial charge in [0.15, 0.2) is 0 Å². The van der Waals surface area contributed by atoms with E-state index in [1.165, 1.54) is 12.0 Å². The molecule has 0 amide bonds. The van der Waals surface area contributed by atoms with Gasteiger partial charge < -0.3 is 10.1 Å². The smallest absolute Gasteiger partial charge is 0.339 e. The van der Waals surface area contributed by atoms with Crippen molar-refractivity contribution in [3.8, 4) is 0 Å². The molecule has 21 heavy (non-hydrogen) atoms. The Hall–Kier alpha value is -1.72. The lowest BCUT2D eigenvalue weighted by Crippen LogP contribution is -2.32. The summed E-state index contributed by atoms with van der Waals surface area (Å²) in [5.41, 5.74) is 1.48. The highest BCUT2D eigenvalue weighted by atomic mass is 32.1. The molecule has 0 unspecified atom stereocenters. The number of rotatable bonds is 6. The molecule has 0 aliphatic rings. The third kappa shape index (κ3) is 4.12. The Bertz CT molecular complexity index is 577. The van der Waals surface area contributed by atoms with Crippen LogP contribution in [0.4, 0.5) is 0 Å². The maximum atomic E-state index is 11.3. The Balaban J connectivity index is 1.87. The van der Waals surface area contributed by atoms with Crippen molar-refractivity contribution in [1.29, 1.82) is 0 Å². The molecule has 1 N–H and O–H groups in total. The molecule has 4 nitrogen and oxygen atoms in total. The van der Waals surface area contributed by atoms with Crippen LogP contribution >= 0.6 is 11.3 Å². The first-order valence-electron chi connectivity index (χ1n) is 6.81. The fourth-order valence-corrected chi connectivity index (χ4v) is 2.87.